The van der Waals surface area contributed by atoms with Crippen LogP contribution in [-0.2, 0) is 6.54 Å². The first-order valence-corrected chi connectivity index (χ1v) is 7.04. The van der Waals surface area contributed by atoms with Crippen molar-refractivity contribution in [2.24, 2.45) is 0 Å². The van der Waals surface area contributed by atoms with E-state index in [1.54, 1.807) is 23.6 Å². The van der Waals surface area contributed by atoms with Crippen LogP contribution < -0.4 is 10.6 Å². The first-order chi connectivity index (χ1) is 9.19. The average molecular weight is 275 g/mol. The summed E-state index contributed by atoms with van der Waals surface area (Å²) in [6, 6.07) is 7.67. The molecule has 0 aliphatic carbocycles. The zero-order valence-corrected chi connectivity index (χ0v) is 11.9. The number of aryl methyl sites for hydroxylation is 1. The van der Waals surface area contributed by atoms with Crippen LogP contribution in [-0.4, -0.2) is 17.4 Å². The number of hydrogen-bond acceptors (Lipinski definition) is 4. The number of carbonyl (C=O) groups is 1. The highest BCUT2D eigenvalue weighted by atomic mass is 32.1. The van der Waals surface area contributed by atoms with Crippen LogP contribution in [0, 0.1) is 6.92 Å². The Morgan fingerprint density at radius 1 is 1.32 bits per heavy atom. The summed E-state index contributed by atoms with van der Waals surface area (Å²) < 4.78 is 0. The number of amides is 1. The van der Waals surface area contributed by atoms with E-state index in [4.69, 9.17) is 0 Å². The van der Waals surface area contributed by atoms with E-state index in [1.807, 2.05) is 19.1 Å². The van der Waals surface area contributed by atoms with Crippen LogP contribution in [0.4, 0.5) is 5.69 Å². The Bertz CT molecular complexity index is 548. The lowest BCUT2D eigenvalue weighted by Crippen LogP contribution is -2.23. The quantitative estimate of drug-likeness (QED) is 0.882. The highest BCUT2D eigenvalue weighted by Crippen LogP contribution is 2.14. The van der Waals surface area contributed by atoms with Gasteiger partial charge in [-0.15, -0.1) is 11.3 Å². The Morgan fingerprint density at radius 2 is 2.16 bits per heavy atom. The van der Waals surface area contributed by atoms with E-state index in [1.165, 1.54) is 4.88 Å². The predicted molar refractivity (Wildman–Crippen MR) is 78.6 cm³/mol. The van der Waals surface area contributed by atoms with Crippen molar-refractivity contribution in [2.75, 3.05) is 11.9 Å². The summed E-state index contributed by atoms with van der Waals surface area (Å²) >= 11 is 1.69. The van der Waals surface area contributed by atoms with Gasteiger partial charge in [0.05, 0.1) is 18.4 Å². The molecule has 0 atom stereocenters. The molecule has 0 spiro atoms. The first kappa shape index (κ1) is 13.5. The number of rotatable bonds is 5. The number of hydrogen-bond donors (Lipinski definition) is 2. The Morgan fingerprint density at radius 3 is 2.74 bits per heavy atom. The van der Waals surface area contributed by atoms with Crippen molar-refractivity contribution in [1.29, 1.82) is 0 Å². The number of nitrogens with zero attached hydrogens (tertiary/aromatic N) is 1. The summed E-state index contributed by atoms with van der Waals surface area (Å²) in [7, 11) is 0. The molecule has 2 N–H and O–H groups in total. The molecule has 19 heavy (non-hydrogen) atoms. The van der Waals surface area contributed by atoms with E-state index in [9.17, 15) is 4.79 Å². The largest absolute Gasteiger partial charge is 0.384 e. The summed E-state index contributed by atoms with van der Waals surface area (Å²) in [5.74, 6) is -0.144. The Hall–Kier alpha value is -1.88. The van der Waals surface area contributed by atoms with E-state index in [0.29, 0.717) is 12.2 Å². The maximum absolute atomic E-state index is 11.9. The lowest BCUT2D eigenvalue weighted by Gasteiger charge is -2.05. The highest BCUT2D eigenvalue weighted by Gasteiger charge is 2.07. The summed E-state index contributed by atoms with van der Waals surface area (Å²) in [5.41, 5.74) is 1.36. The van der Waals surface area contributed by atoms with Crippen LogP contribution in [0.1, 0.15) is 27.2 Å². The molecule has 0 saturated heterocycles. The van der Waals surface area contributed by atoms with Gasteiger partial charge in [-0.3, -0.25) is 4.79 Å². The minimum Gasteiger partial charge on any atom is -0.384 e. The first-order valence-electron chi connectivity index (χ1n) is 6.22. The third kappa shape index (κ3) is 3.79. The number of aromatic nitrogens is 1. The zero-order valence-electron chi connectivity index (χ0n) is 11.1. The van der Waals surface area contributed by atoms with E-state index in [0.717, 1.165) is 17.1 Å². The Kier molecular flexibility index (Phi) is 4.52. The van der Waals surface area contributed by atoms with Gasteiger partial charge in [-0.25, -0.2) is 4.98 Å². The van der Waals surface area contributed by atoms with Crippen molar-refractivity contribution in [3.05, 3.63) is 45.9 Å². The molecule has 0 bridgehead atoms. The minimum absolute atomic E-state index is 0.144. The molecule has 0 radical (unpaired) electrons. The zero-order chi connectivity index (χ0) is 13.7. The van der Waals surface area contributed by atoms with Gasteiger partial charge < -0.3 is 10.6 Å². The van der Waals surface area contributed by atoms with Crippen molar-refractivity contribution in [1.82, 2.24) is 10.3 Å². The van der Waals surface area contributed by atoms with Crippen LogP contribution in [0.3, 0.4) is 0 Å². The monoisotopic (exact) mass is 275 g/mol. The molecule has 0 aliphatic rings. The van der Waals surface area contributed by atoms with Gasteiger partial charge in [-0.2, -0.15) is 0 Å². The summed E-state index contributed by atoms with van der Waals surface area (Å²) in [6.07, 6.45) is 1.67. The van der Waals surface area contributed by atoms with E-state index in [-0.39, 0.29) is 5.91 Å². The van der Waals surface area contributed by atoms with Gasteiger partial charge in [0.1, 0.15) is 5.69 Å². The van der Waals surface area contributed by atoms with Crippen molar-refractivity contribution >= 4 is 22.9 Å². The number of anilines is 1. The molecule has 0 fully saturated rings. The molecule has 0 unspecified atom stereocenters. The topological polar surface area (TPSA) is 54.0 Å². The summed E-state index contributed by atoms with van der Waals surface area (Å²) in [6.45, 7) is 5.46. The Labute approximate surface area is 116 Å². The second kappa shape index (κ2) is 6.33. The molecule has 0 aromatic carbocycles. The Balaban J connectivity index is 1.92. The van der Waals surface area contributed by atoms with Crippen LogP contribution in [0.2, 0.25) is 0 Å². The fourth-order valence-electron chi connectivity index (χ4n) is 1.67. The van der Waals surface area contributed by atoms with Gasteiger partial charge >= 0.3 is 0 Å². The van der Waals surface area contributed by atoms with Crippen molar-refractivity contribution in [2.45, 2.75) is 20.4 Å². The molecular weight excluding hydrogens is 258 g/mol. The maximum Gasteiger partial charge on any atom is 0.270 e. The van der Waals surface area contributed by atoms with Crippen molar-refractivity contribution in [3.8, 4) is 0 Å². The SMILES string of the molecule is CCNc1ccc(C(=O)NCc2ccc(C)s2)nc1. The van der Waals surface area contributed by atoms with Crippen LogP contribution in [0.25, 0.3) is 0 Å². The molecular formula is C14H17N3OS. The molecule has 0 aliphatic heterocycles. The maximum atomic E-state index is 11.9. The molecule has 2 heterocycles. The van der Waals surface area contributed by atoms with E-state index < -0.39 is 0 Å². The van der Waals surface area contributed by atoms with Crippen molar-refractivity contribution < 1.29 is 4.79 Å². The molecule has 5 heteroatoms. The van der Waals surface area contributed by atoms with E-state index in [2.05, 4.69) is 28.6 Å². The molecule has 100 valence electrons. The summed E-state index contributed by atoms with van der Waals surface area (Å²) in [5, 5.41) is 6.01. The third-order valence-corrected chi connectivity index (χ3v) is 3.60. The molecule has 2 aromatic rings. The number of thiophene rings is 1. The van der Waals surface area contributed by atoms with Gasteiger partial charge in [-0.1, -0.05) is 0 Å². The lowest BCUT2D eigenvalue weighted by molar-refractivity contribution is 0.0946. The van der Waals surface area contributed by atoms with Crippen LogP contribution in [0.15, 0.2) is 30.5 Å². The minimum atomic E-state index is -0.144. The smallest absolute Gasteiger partial charge is 0.270 e. The van der Waals surface area contributed by atoms with Crippen LogP contribution in [0.5, 0.6) is 0 Å². The second-order valence-electron chi connectivity index (χ2n) is 4.16. The van der Waals surface area contributed by atoms with Gasteiger partial charge in [0.15, 0.2) is 0 Å². The number of nitrogens with one attached hydrogen (secondary N) is 2. The number of pyridine rings is 1. The van der Waals surface area contributed by atoms with Crippen molar-refractivity contribution in [3.63, 3.8) is 0 Å². The van der Waals surface area contributed by atoms with Crippen LogP contribution >= 0.6 is 11.3 Å². The molecule has 2 aromatic heterocycles. The number of carbonyl (C=O) groups excluding carboxylic acids is 1. The standard InChI is InChI=1S/C14H17N3OS/c1-3-15-11-5-7-13(16-8-11)14(18)17-9-12-6-4-10(2)19-12/h4-8,15H,3,9H2,1-2H3,(H,17,18). The molecule has 0 saturated carbocycles. The second-order valence-corrected chi connectivity index (χ2v) is 5.53. The van der Waals surface area contributed by atoms with Gasteiger partial charge in [0, 0.05) is 16.3 Å². The third-order valence-electron chi connectivity index (χ3n) is 2.60. The van der Waals surface area contributed by atoms with Gasteiger partial charge in [0.25, 0.3) is 5.91 Å². The normalized spacial score (nSPS) is 10.2. The average Bonchev–Trinajstić information content (AvgIpc) is 2.83. The molecule has 2 rings (SSSR count). The van der Waals surface area contributed by atoms with Gasteiger partial charge in [0.2, 0.25) is 0 Å². The molecule has 1 amide bonds. The summed E-state index contributed by atoms with van der Waals surface area (Å²) in [4.78, 5) is 18.4. The predicted octanol–water partition coefficient (Wildman–Crippen LogP) is 2.81. The van der Waals surface area contributed by atoms with E-state index >= 15 is 0 Å². The fourth-order valence-corrected chi connectivity index (χ4v) is 2.51. The van der Waals surface area contributed by atoms with Gasteiger partial charge in [-0.05, 0) is 38.1 Å². The highest BCUT2D eigenvalue weighted by molar-refractivity contribution is 7.11. The lowest BCUT2D eigenvalue weighted by atomic mass is 10.3. The molecule has 4 nitrogen and oxygen atoms in total. The fraction of sp³-hybridized carbons (Fsp3) is 0.286.